The third kappa shape index (κ3) is 4.47. The Labute approximate surface area is 165 Å². The number of anilines is 2. The summed E-state index contributed by atoms with van der Waals surface area (Å²) in [7, 11) is 0. The minimum absolute atomic E-state index is 0.0788. The van der Waals surface area contributed by atoms with E-state index in [0.717, 1.165) is 20.7 Å². The van der Waals surface area contributed by atoms with Crippen molar-refractivity contribution in [3.8, 4) is 10.6 Å². The number of carbonyl (C=O) groups is 1. The molecule has 0 bridgehead atoms. The van der Waals surface area contributed by atoms with Gasteiger partial charge in [0.25, 0.3) is 0 Å². The van der Waals surface area contributed by atoms with E-state index in [0.29, 0.717) is 5.13 Å². The fraction of sp³-hybridized carbons (Fsp3) is 0.211. The molecule has 0 saturated carbocycles. The first-order valence-corrected chi connectivity index (χ1v) is 9.71. The van der Waals surface area contributed by atoms with E-state index in [1.807, 2.05) is 48.5 Å². The van der Waals surface area contributed by atoms with E-state index in [9.17, 15) is 4.79 Å². The molecule has 134 valence electrons. The van der Waals surface area contributed by atoms with Crippen LogP contribution in [0.3, 0.4) is 0 Å². The van der Waals surface area contributed by atoms with E-state index in [4.69, 9.17) is 0 Å². The largest absolute Gasteiger partial charge is 0.325 e. The summed E-state index contributed by atoms with van der Waals surface area (Å²) in [4.78, 5) is 12.2. The van der Waals surface area contributed by atoms with Crippen molar-refractivity contribution in [2.24, 2.45) is 0 Å². The lowest BCUT2D eigenvalue weighted by Crippen LogP contribution is -2.19. The van der Waals surface area contributed by atoms with Crippen molar-refractivity contribution in [2.45, 2.75) is 26.2 Å². The summed E-state index contributed by atoms with van der Waals surface area (Å²) in [6, 6.07) is 15.2. The SMILES string of the molecule is CC(C)(C)c1ccc(NC(=O)Nc2nnc(-c3ccccc3Br)s2)cc1. The molecule has 1 aromatic heterocycles. The molecule has 0 spiro atoms. The minimum Gasteiger partial charge on any atom is -0.308 e. The van der Waals surface area contributed by atoms with Crippen molar-refractivity contribution in [1.29, 1.82) is 0 Å². The van der Waals surface area contributed by atoms with Gasteiger partial charge in [-0.15, -0.1) is 10.2 Å². The van der Waals surface area contributed by atoms with Gasteiger partial charge in [0.05, 0.1) is 0 Å². The topological polar surface area (TPSA) is 66.9 Å². The number of aromatic nitrogens is 2. The number of carbonyl (C=O) groups excluding carboxylic acids is 1. The Morgan fingerprint density at radius 2 is 1.69 bits per heavy atom. The quantitative estimate of drug-likeness (QED) is 0.542. The Hall–Kier alpha value is -2.25. The maximum absolute atomic E-state index is 12.2. The summed E-state index contributed by atoms with van der Waals surface area (Å²) in [5.41, 5.74) is 2.96. The molecule has 7 heteroatoms. The highest BCUT2D eigenvalue weighted by atomic mass is 79.9. The van der Waals surface area contributed by atoms with Gasteiger partial charge in [-0.3, -0.25) is 5.32 Å². The van der Waals surface area contributed by atoms with Crippen LogP contribution in [0.25, 0.3) is 10.6 Å². The predicted octanol–water partition coefficient (Wildman–Crippen LogP) is 5.91. The number of nitrogens with one attached hydrogen (secondary N) is 2. The second-order valence-corrected chi connectivity index (χ2v) is 8.63. The molecule has 1 heterocycles. The van der Waals surface area contributed by atoms with Gasteiger partial charge in [-0.1, -0.05) is 78.4 Å². The number of urea groups is 1. The van der Waals surface area contributed by atoms with Gasteiger partial charge in [-0.2, -0.15) is 0 Å². The average molecular weight is 431 g/mol. The molecule has 2 N–H and O–H groups in total. The number of benzene rings is 2. The molecule has 0 aliphatic rings. The molecule has 0 aliphatic heterocycles. The molecule has 0 saturated heterocycles. The second kappa shape index (κ2) is 7.55. The first-order chi connectivity index (χ1) is 12.3. The number of hydrogen-bond acceptors (Lipinski definition) is 4. The lowest BCUT2D eigenvalue weighted by atomic mass is 9.87. The van der Waals surface area contributed by atoms with E-state index in [1.165, 1.54) is 16.9 Å². The molecule has 5 nitrogen and oxygen atoms in total. The molecular weight excluding hydrogens is 412 g/mol. The Kier molecular flexibility index (Phi) is 5.38. The van der Waals surface area contributed by atoms with Crippen molar-refractivity contribution >= 4 is 44.1 Å². The Morgan fingerprint density at radius 1 is 1.00 bits per heavy atom. The van der Waals surface area contributed by atoms with Crippen LogP contribution in [0.5, 0.6) is 0 Å². The summed E-state index contributed by atoms with van der Waals surface area (Å²) in [6.07, 6.45) is 0. The van der Waals surface area contributed by atoms with Gasteiger partial charge < -0.3 is 5.32 Å². The molecule has 3 rings (SSSR count). The normalized spacial score (nSPS) is 11.2. The maximum atomic E-state index is 12.2. The van der Waals surface area contributed by atoms with E-state index in [2.05, 4.69) is 57.5 Å². The fourth-order valence-electron chi connectivity index (χ4n) is 2.33. The van der Waals surface area contributed by atoms with Crippen molar-refractivity contribution < 1.29 is 4.79 Å². The zero-order valence-corrected chi connectivity index (χ0v) is 17.1. The van der Waals surface area contributed by atoms with Crippen LogP contribution in [0.4, 0.5) is 15.6 Å². The molecule has 3 aromatic rings. The Bertz CT molecular complexity index is 916. The van der Waals surface area contributed by atoms with Crippen molar-refractivity contribution in [2.75, 3.05) is 10.6 Å². The standard InChI is InChI=1S/C19H19BrN4OS/c1-19(2,3)12-8-10-13(11-9-12)21-17(25)22-18-24-23-16(26-18)14-6-4-5-7-15(14)20/h4-11H,1-3H3,(H2,21,22,24,25). The summed E-state index contributed by atoms with van der Waals surface area (Å²) < 4.78 is 0.936. The van der Waals surface area contributed by atoms with Gasteiger partial charge in [-0.05, 0) is 29.2 Å². The molecule has 26 heavy (non-hydrogen) atoms. The van der Waals surface area contributed by atoms with Crippen LogP contribution < -0.4 is 10.6 Å². The van der Waals surface area contributed by atoms with Crippen LogP contribution in [0, 0.1) is 0 Å². The molecule has 0 unspecified atom stereocenters. The zero-order valence-electron chi connectivity index (χ0n) is 14.7. The van der Waals surface area contributed by atoms with Gasteiger partial charge >= 0.3 is 6.03 Å². The van der Waals surface area contributed by atoms with E-state index in [1.54, 1.807) is 0 Å². The third-order valence-corrected chi connectivity index (χ3v) is 5.32. The highest BCUT2D eigenvalue weighted by Gasteiger charge is 2.14. The second-order valence-electron chi connectivity index (χ2n) is 6.80. The average Bonchev–Trinajstić information content (AvgIpc) is 3.03. The van der Waals surface area contributed by atoms with Crippen molar-refractivity contribution in [3.63, 3.8) is 0 Å². The smallest absolute Gasteiger partial charge is 0.308 e. The van der Waals surface area contributed by atoms with Gasteiger partial charge in [0, 0.05) is 15.7 Å². The predicted molar refractivity (Wildman–Crippen MR) is 111 cm³/mol. The first-order valence-electron chi connectivity index (χ1n) is 8.10. The summed E-state index contributed by atoms with van der Waals surface area (Å²) in [6.45, 7) is 6.46. The Balaban J connectivity index is 1.65. The van der Waals surface area contributed by atoms with E-state index >= 15 is 0 Å². The molecule has 0 aliphatic carbocycles. The van der Waals surface area contributed by atoms with Crippen LogP contribution in [0.15, 0.2) is 53.0 Å². The summed E-state index contributed by atoms with van der Waals surface area (Å²) in [5.74, 6) is 0. The van der Waals surface area contributed by atoms with Crippen molar-refractivity contribution in [1.82, 2.24) is 10.2 Å². The van der Waals surface area contributed by atoms with E-state index < -0.39 is 0 Å². The van der Waals surface area contributed by atoms with Gasteiger partial charge in [0.15, 0.2) is 5.01 Å². The zero-order chi connectivity index (χ0) is 18.7. The summed E-state index contributed by atoms with van der Waals surface area (Å²) >= 11 is 4.82. The van der Waals surface area contributed by atoms with Crippen LogP contribution in [0.2, 0.25) is 0 Å². The highest BCUT2D eigenvalue weighted by molar-refractivity contribution is 9.10. The van der Waals surface area contributed by atoms with Gasteiger partial charge in [0.2, 0.25) is 5.13 Å². The third-order valence-electron chi connectivity index (χ3n) is 3.76. The van der Waals surface area contributed by atoms with Crippen LogP contribution >= 0.6 is 27.3 Å². The van der Waals surface area contributed by atoms with Crippen LogP contribution in [-0.2, 0) is 5.41 Å². The number of rotatable bonds is 3. The molecule has 0 radical (unpaired) electrons. The lowest BCUT2D eigenvalue weighted by molar-refractivity contribution is 0.262. The number of hydrogen-bond donors (Lipinski definition) is 2. The molecule has 2 amide bonds. The molecule has 0 fully saturated rings. The van der Waals surface area contributed by atoms with Crippen LogP contribution in [0.1, 0.15) is 26.3 Å². The minimum atomic E-state index is -0.344. The number of halogens is 1. The van der Waals surface area contributed by atoms with Crippen molar-refractivity contribution in [3.05, 3.63) is 58.6 Å². The molecule has 0 atom stereocenters. The van der Waals surface area contributed by atoms with Gasteiger partial charge in [-0.25, -0.2) is 4.79 Å². The monoisotopic (exact) mass is 430 g/mol. The van der Waals surface area contributed by atoms with Gasteiger partial charge in [0.1, 0.15) is 0 Å². The first kappa shape index (κ1) is 18.5. The van der Waals surface area contributed by atoms with E-state index in [-0.39, 0.29) is 11.4 Å². The number of nitrogens with zero attached hydrogens (tertiary/aromatic N) is 2. The van der Waals surface area contributed by atoms with Crippen LogP contribution in [-0.4, -0.2) is 16.2 Å². The molecular formula is C19H19BrN4OS. The highest BCUT2D eigenvalue weighted by Crippen LogP contribution is 2.32. The summed E-state index contributed by atoms with van der Waals surface area (Å²) in [5, 5.41) is 14.9. The lowest BCUT2D eigenvalue weighted by Gasteiger charge is -2.19. The Morgan fingerprint density at radius 3 is 2.35 bits per heavy atom. The maximum Gasteiger partial charge on any atom is 0.325 e. The number of amides is 2. The molecule has 2 aromatic carbocycles. The fourth-order valence-corrected chi connectivity index (χ4v) is 3.71.